The minimum atomic E-state index is -0.270. The van der Waals surface area contributed by atoms with Gasteiger partial charge in [0.25, 0.3) is 0 Å². The fourth-order valence-corrected chi connectivity index (χ4v) is 2.68. The van der Waals surface area contributed by atoms with E-state index < -0.39 is 0 Å². The molecule has 1 fully saturated rings. The van der Waals surface area contributed by atoms with Crippen LogP contribution in [0.4, 0.5) is 5.69 Å². The van der Waals surface area contributed by atoms with Gasteiger partial charge in [-0.05, 0) is 38.1 Å². The van der Waals surface area contributed by atoms with Crippen LogP contribution in [-0.4, -0.2) is 48.3 Å². The fourth-order valence-electron chi connectivity index (χ4n) is 2.68. The maximum absolute atomic E-state index is 9.45. The topological polar surface area (TPSA) is 50.5 Å². The second-order valence-corrected chi connectivity index (χ2v) is 5.31. The van der Waals surface area contributed by atoms with Crippen LogP contribution in [0.2, 0.25) is 0 Å². The fraction of sp³-hybridized carbons (Fsp3) is 0.533. The van der Waals surface area contributed by atoms with E-state index in [1.807, 2.05) is 31.2 Å². The number of nitrogens with zero attached hydrogens (tertiary/aromatic N) is 3. The van der Waals surface area contributed by atoms with Crippen molar-refractivity contribution in [3.63, 3.8) is 0 Å². The minimum Gasteiger partial charge on any atom is -0.392 e. The summed E-state index contributed by atoms with van der Waals surface area (Å²) in [7, 11) is 0. The zero-order chi connectivity index (χ0) is 13.8. The first-order valence-corrected chi connectivity index (χ1v) is 6.77. The molecule has 0 spiro atoms. The molecule has 0 aliphatic carbocycles. The Morgan fingerprint density at radius 2 is 2.05 bits per heavy atom. The molecule has 0 saturated carbocycles. The van der Waals surface area contributed by atoms with E-state index in [1.165, 1.54) is 5.69 Å². The first kappa shape index (κ1) is 13.9. The Morgan fingerprint density at radius 1 is 1.37 bits per heavy atom. The number of piperazine rings is 1. The van der Waals surface area contributed by atoms with Gasteiger partial charge in [0.2, 0.25) is 0 Å². The molecule has 2 atom stereocenters. The summed E-state index contributed by atoms with van der Waals surface area (Å²) < 4.78 is 0. The summed E-state index contributed by atoms with van der Waals surface area (Å²) in [5.74, 6) is 0. The largest absolute Gasteiger partial charge is 0.392 e. The summed E-state index contributed by atoms with van der Waals surface area (Å²) in [6.07, 6.45) is -0.270. The van der Waals surface area contributed by atoms with Crippen molar-refractivity contribution in [1.82, 2.24) is 4.90 Å². The molecule has 1 aliphatic heterocycles. The van der Waals surface area contributed by atoms with Gasteiger partial charge in [-0.1, -0.05) is 0 Å². The van der Waals surface area contributed by atoms with Crippen molar-refractivity contribution < 1.29 is 5.11 Å². The average Bonchev–Trinajstić information content (AvgIpc) is 2.38. The highest BCUT2D eigenvalue weighted by Crippen LogP contribution is 2.21. The van der Waals surface area contributed by atoms with E-state index in [0.29, 0.717) is 11.6 Å². The molecular formula is C15H21N3O. The number of rotatable bonds is 3. The Balaban J connectivity index is 2.01. The van der Waals surface area contributed by atoms with Crippen LogP contribution < -0.4 is 4.90 Å². The van der Waals surface area contributed by atoms with E-state index in [2.05, 4.69) is 22.8 Å². The maximum Gasteiger partial charge on any atom is 0.0991 e. The number of hydrogen-bond donors (Lipinski definition) is 1. The second-order valence-electron chi connectivity index (χ2n) is 5.31. The van der Waals surface area contributed by atoms with Crippen molar-refractivity contribution in [2.75, 3.05) is 31.1 Å². The van der Waals surface area contributed by atoms with E-state index in [4.69, 9.17) is 5.26 Å². The highest BCUT2D eigenvalue weighted by Gasteiger charge is 2.24. The molecule has 2 rings (SSSR count). The van der Waals surface area contributed by atoms with E-state index in [0.717, 1.165) is 26.2 Å². The van der Waals surface area contributed by atoms with E-state index in [-0.39, 0.29) is 6.10 Å². The molecule has 1 saturated heterocycles. The Kier molecular flexibility index (Phi) is 4.41. The molecule has 4 heteroatoms. The van der Waals surface area contributed by atoms with Gasteiger partial charge in [0.15, 0.2) is 0 Å². The van der Waals surface area contributed by atoms with Crippen LogP contribution in [-0.2, 0) is 0 Å². The third kappa shape index (κ3) is 3.46. The Hall–Kier alpha value is -1.57. The second kappa shape index (κ2) is 6.05. The molecule has 0 bridgehead atoms. The Labute approximate surface area is 114 Å². The molecule has 1 heterocycles. The first-order chi connectivity index (χ1) is 9.10. The molecule has 0 radical (unpaired) electrons. The lowest BCUT2D eigenvalue weighted by atomic mass is 10.1. The van der Waals surface area contributed by atoms with E-state index in [1.54, 1.807) is 0 Å². The normalized spacial score (nSPS) is 22.0. The van der Waals surface area contributed by atoms with Crippen LogP contribution in [0.3, 0.4) is 0 Å². The van der Waals surface area contributed by atoms with Gasteiger partial charge in [0, 0.05) is 37.9 Å². The zero-order valence-corrected chi connectivity index (χ0v) is 11.6. The van der Waals surface area contributed by atoms with Gasteiger partial charge in [-0.15, -0.1) is 0 Å². The Morgan fingerprint density at radius 3 is 2.58 bits per heavy atom. The summed E-state index contributed by atoms with van der Waals surface area (Å²) in [5, 5.41) is 18.3. The predicted octanol–water partition coefficient (Wildman–Crippen LogP) is 1.45. The van der Waals surface area contributed by atoms with Crippen molar-refractivity contribution in [2.24, 2.45) is 0 Å². The average molecular weight is 259 g/mol. The highest BCUT2D eigenvalue weighted by atomic mass is 16.3. The summed E-state index contributed by atoms with van der Waals surface area (Å²) in [6, 6.07) is 10.3. The van der Waals surface area contributed by atoms with Crippen LogP contribution >= 0.6 is 0 Å². The van der Waals surface area contributed by atoms with Crippen molar-refractivity contribution >= 4 is 5.69 Å². The molecule has 1 N–H and O–H groups in total. The summed E-state index contributed by atoms with van der Waals surface area (Å²) in [6.45, 7) is 7.66. The number of benzene rings is 1. The van der Waals surface area contributed by atoms with Crippen LogP contribution in [0.15, 0.2) is 24.3 Å². The van der Waals surface area contributed by atoms with Gasteiger partial charge in [0.05, 0.1) is 17.7 Å². The van der Waals surface area contributed by atoms with Gasteiger partial charge in [0.1, 0.15) is 0 Å². The molecule has 1 aliphatic rings. The monoisotopic (exact) mass is 259 g/mol. The van der Waals surface area contributed by atoms with Gasteiger partial charge >= 0.3 is 0 Å². The minimum absolute atomic E-state index is 0.270. The molecule has 102 valence electrons. The maximum atomic E-state index is 9.45. The standard InChI is InChI=1S/C15H21N3O/c1-12-10-17(11-13(2)19)7-8-18(12)15-5-3-14(9-16)4-6-15/h3-6,12-13,19H,7-8,10-11H2,1-2H3/t12-,13+/m0/s1. The molecule has 0 unspecified atom stereocenters. The highest BCUT2D eigenvalue weighted by molar-refractivity contribution is 5.50. The van der Waals surface area contributed by atoms with Crippen molar-refractivity contribution in [3.8, 4) is 6.07 Å². The number of anilines is 1. The molecule has 19 heavy (non-hydrogen) atoms. The molecule has 0 aromatic heterocycles. The lowest BCUT2D eigenvalue weighted by molar-refractivity contribution is 0.115. The lowest BCUT2D eigenvalue weighted by Gasteiger charge is -2.41. The third-order valence-electron chi connectivity index (χ3n) is 3.56. The van der Waals surface area contributed by atoms with Gasteiger partial charge in [-0.3, -0.25) is 4.90 Å². The number of hydrogen-bond acceptors (Lipinski definition) is 4. The van der Waals surface area contributed by atoms with Crippen molar-refractivity contribution in [2.45, 2.75) is 26.0 Å². The van der Waals surface area contributed by atoms with Crippen molar-refractivity contribution in [1.29, 1.82) is 5.26 Å². The first-order valence-electron chi connectivity index (χ1n) is 6.77. The van der Waals surface area contributed by atoms with Crippen LogP contribution in [0.25, 0.3) is 0 Å². The predicted molar refractivity (Wildman–Crippen MR) is 76.1 cm³/mol. The molecule has 1 aromatic rings. The zero-order valence-electron chi connectivity index (χ0n) is 11.6. The van der Waals surface area contributed by atoms with Gasteiger partial charge < -0.3 is 10.0 Å². The molecular weight excluding hydrogens is 238 g/mol. The van der Waals surface area contributed by atoms with E-state index >= 15 is 0 Å². The molecule has 4 nitrogen and oxygen atoms in total. The van der Waals surface area contributed by atoms with Crippen LogP contribution in [0.5, 0.6) is 0 Å². The molecule has 1 aromatic carbocycles. The molecule has 0 amide bonds. The van der Waals surface area contributed by atoms with E-state index in [9.17, 15) is 5.11 Å². The van der Waals surface area contributed by atoms with Crippen LogP contribution in [0, 0.1) is 11.3 Å². The van der Waals surface area contributed by atoms with Crippen LogP contribution in [0.1, 0.15) is 19.4 Å². The number of aliphatic hydroxyl groups is 1. The Bertz CT molecular complexity index is 449. The van der Waals surface area contributed by atoms with Gasteiger partial charge in [-0.2, -0.15) is 5.26 Å². The smallest absolute Gasteiger partial charge is 0.0991 e. The number of aliphatic hydroxyl groups excluding tert-OH is 1. The number of nitriles is 1. The lowest BCUT2D eigenvalue weighted by Crippen LogP contribution is -2.53. The SMILES string of the molecule is C[C@@H](O)CN1CCN(c2ccc(C#N)cc2)[C@@H](C)C1. The summed E-state index contributed by atoms with van der Waals surface area (Å²) >= 11 is 0. The summed E-state index contributed by atoms with van der Waals surface area (Å²) in [5.41, 5.74) is 1.87. The summed E-state index contributed by atoms with van der Waals surface area (Å²) in [4.78, 5) is 4.66. The van der Waals surface area contributed by atoms with Gasteiger partial charge in [-0.25, -0.2) is 0 Å². The quantitative estimate of drug-likeness (QED) is 0.892. The third-order valence-corrected chi connectivity index (χ3v) is 3.56. The van der Waals surface area contributed by atoms with Crippen molar-refractivity contribution in [3.05, 3.63) is 29.8 Å². The number of β-amino-alcohol motifs (C(OH)–C–C–N with tert-alkyl or cyclic N) is 1.